The summed E-state index contributed by atoms with van der Waals surface area (Å²) in [5, 5.41) is 2.51. The number of carbonyl (C=O) groups is 2. The van der Waals surface area contributed by atoms with Crippen LogP contribution >= 0.6 is 0 Å². The van der Waals surface area contributed by atoms with Gasteiger partial charge in [0.2, 0.25) is 6.29 Å². The van der Waals surface area contributed by atoms with E-state index in [1.807, 2.05) is 6.92 Å². The number of hydrogen-bond acceptors (Lipinski definition) is 4. The fourth-order valence-corrected chi connectivity index (χ4v) is 0.743. The highest BCUT2D eigenvalue weighted by Gasteiger charge is 2.15. The van der Waals surface area contributed by atoms with E-state index in [0.717, 1.165) is 6.42 Å². The second kappa shape index (κ2) is 7.09. The molecule has 15 heavy (non-hydrogen) atoms. The summed E-state index contributed by atoms with van der Waals surface area (Å²) >= 11 is 0. The Kier molecular flexibility index (Phi) is 6.49. The normalized spacial score (nSPS) is 12.1. The molecule has 0 rings (SSSR count). The summed E-state index contributed by atoms with van der Waals surface area (Å²) < 4.78 is 9.62. The molecule has 0 radical (unpaired) electrons. The Balaban J connectivity index is 3.77. The Morgan fingerprint density at radius 3 is 2.27 bits per heavy atom. The van der Waals surface area contributed by atoms with E-state index in [4.69, 9.17) is 9.47 Å². The van der Waals surface area contributed by atoms with Gasteiger partial charge in [-0.05, 0) is 6.42 Å². The van der Waals surface area contributed by atoms with E-state index < -0.39 is 12.4 Å². The Labute approximate surface area is 90.1 Å². The molecule has 0 spiro atoms. The summed E-state index contributed by atoms with van der Waals surface area (Å²) in [5.41, 5.74) is 0. The zero-order chi connectivity index (χ0) is 11.8. The lowest BCUT2D eigenvalue weighted by Crippen LogP contribution is -2.31. The molecule has 1 amide bonds. The molecule has 0 bridgehead atoms. The molecule has 0 saturated heterocycles. The van der Waals surface area contributed by atoms with Gasteiger partial charge in [-0.15, -0.1) is 0 Å². The zero-order valence-corrected chi connectivity index (χ0v) is 9.70. The third kappa shape index (κ3) is 6.76. The van der Waals surface area contributed by atoms with Crippen molar-refractivity contribution in [1.82, 2.24) is 5.32 Å². The maximum atomic E-state index is 11.1. The molecule has 1 atom stereocenters. The van der Waals surface area contributed by atoms with Gasteiger partial charge in [-0.2, -0.15) is 0 Å². The third-order valence-electron chi connectivity index (χ3n) is 1.55. The highest BCUT2D eigenvalue weighted by atomic mass is 16.7. The van der Waals surface area contributed by atoms with Gasteiger partial charge < -0.3 is 14.8 Å². The molecule has 0 aromatic heterocycles. The van der Waals surface area contributed by atoms with Crippen molar-refractivity contribution in [1.29, 1.82) is 0 Å². The van der Waals surface area contributed by atoms with Crippen molar-refractivity contribution in [3.63, 3.8) is 0 Å². The number of rotatable bonds is 5. The Morgan fingerprint density at radius 2 is 1.80 bits per heavy atom. The molecule has 0 aliphatic heterocycles. The van der Waals surface area contributed by atoms with E-state index in [2.05, 4.69) is 5.32 Å². The van der Waals surface area contributed by atoms with Crippen molar-refractivity contribution >= 4 is 12.1 Å². The van der Waals surface area contributed by atoms with Crippen molar-refractivity contribution in [2.45, 2.75) is 40.4 Å². The summed E-state index contributed by atoms with van der Waals surface area (Å²) in [5.74, 6) is -0.611. The highest BCUT2D eigenvalue weighted by Crippen LogP contribution is 2.01. The maximum Gasteiger partial charge on any atom is 0.410 e. The van der Waals surface area contributed by atoms with Crippen LogP contribution in [0.25, 0.3) is 0 Å². The highest BCUT2D eigenvalue weighted by molar-refractivity contribution is 5.72. The lowest BCUT2D eigenvalue weighted by molar-refractivity contribution is -0.168. The number of esters is 1. The fourth-order valence-electron chi connectivity index (χ4n) is 0.743. The van der Waals surface area contributed by atoms with Gasteiger partial charge >= 0.3 is 12.1 Å². The largest absolute Gasteiger partial charge is 0.425 e. The van der Waals surface area contributed by atoms with Crippen LogP contribution in [0.1, 0.15) is 34.1 Å². The summed E-state index contributed by atoms with van der Waals surface area (Å²) in [6.45, 7) is 7.41. The predicted molar refractivity (Wildman–Crippen MR) is 55.2 cm³/mol. The van der Waals surface area contributed by atoms with Gasteiger partial charge in [-0.3, -0.25) is 4.79 Å². The molecule has 0 saturated carbocycles. The molecule has 1 unspecified atom stereocenters. The van der Waals surface area contributed by atoms with Gasteiger partial charge in [0, 0.05) is 13.5 Å². The van der Waals surface area contributed by atoms with Gasteiger partial charge in [0.1, 0.15) is 0 Å². The van der Waals surface area contributed by atoms with Gasteiger partial charge in [-0.25, -0.2) is 4.79 Å². The summed E-state index contributed by atoms with van der Waals surface area (Å²) in [6.07, 6.45) is -0.590. The van der Waals surface area contributed by atoms with E-state index in [0.29, 0.717) is 6.54 Å². The van der Waals surface area contributed by atoms with Crippen LogP contribution in [0.5, 0.6) is 0 Å². The quantitative estimate of drug-likeness (QED) is 0.562. The molecule has 0 fully saturated rings. The Hall–Kier alpha value is -1.26. The van der Waals surface area contributed by atoms with Crippen molar-refractivity contribution < 1.29 is 19.1 Å². The number of hydrogen-bond donors (Lipinski definition) is 1. The lowest BCUT2D eigenvalue weighted by Gasteiger charge is -2.15. The second-order valence-corrected chi connectivity index (χ2v) is 3.49. The van der Waals surface area contributed by atoms with Gasteiger partial charge in [0.25, 0.3) is 0 Å². The van der Waals surface area contributed by atoms with Crippen LogP contribution in [0.2, 0.25) is 0 Å². The van der Waals surface area contributed by atoms with Crippen molar-refractivity contribution in [2.75, 3.05) is 6.54 Å². The Morgan fingerprint density at radius 1 is 1.20 bits per heavy atom. The smallest absolute Gasteiger partial charge is 0.410 e. The molecule has 88 valence electrons. The second-order valence-electron chi connectivity index (χ2n) is 3.49. The van der Waals surface area contributed by atoms with Crippen LogP contribution in [0.4, 0.5) is 4.79 Å². The summed E-state index contributed by atoms with van der Waals surface area (Å²) in [6, 6.07) is 0. The average Bonchev–Trinajstić information content (AvgIpc) is 2.14. The lowest BCUT2D eigenvalue weighted by atomic mass is 10.2. The van der Waals surface area contributed by atoms with E-state index in [1.54, 1.807) is 13.8 Å². The molecular weight excluding hydrogens is 198 g/mol. The third-order valence-corrected chi connectivity index (χ3v) is 1.55. The fraction of sp³-hybridized carbons (Fsp3) is 0.800. The van der Waals surface area contributed by atoms with Crippen LogP contribution in [0, 0.1) is 5.92 Å². The molecule has 0 aromatic rings. The molecule has 5 heteroatoms. The maximum absolute atomic E-state index is 11.1. The molecule has 5 nitrogen and oxygen atoms in total. The average molecular weight is 217 g/mol. The molecule has 0 heterocycles. The van der Waals surface area contributed by atoms with Crippen molar-refractivity contribution in [3.05, 3.63) is 0 Å². The first-order valence-electron chi connectivity index (χ1n) is 5.12. The van der Waals surface area contributed by atoms with Crippen molar-refractivity contribution in [3.8, 4) is 0 Å². The molecule has 0 aliphatic carbocycles. The minimum absolute atomic E-state index is 0.227. The monoisotopic (exact) mass is 217 g/mol. The van der Waals surface area contributed by atoms with E-state index in [1.165, 1.54) is 6.92 Å². The van der Waals surface area contributed by atoms with E-state index in [-0.39, 0.29) is 11.9 Å². The summed E-state index contributed by atoms with van der Waals surface area (Å²) in [7, 11) is 0. The van der Waals surface area contributed by atoms with E-state index >= 15 is 0 Å². The van der Waals surface area contributed by atoms with Gasteiger partial charge in [-0.1, -0.05) is 20.8 Å². The first kappa shape index (κ1) is 13.7. The first-order valence-corrected chi connectivity index (χ1v) is 5.12. The van der Waals surface area contributed by atoms with Crippen LogP contribution in [-0.4, -0.2) is 24.9 Å². The molecule has 0 aliphatic rings. The van der Waals surface area contributed by atoms with Crippen LogP contribution in [-0.2, 0) is 14.3 Å². The number of carbonyl (C=O) groups excluding carboxylic acids is 2. The Bertz CT molecular complexity index is 215. The topological polar surface area (TPSA) is 64.6 Å². The predicted octanol–water partition coefficient (Wildman–Crippen LogP) is 1.67. The van der Waals surface area contributed by atoms with Crippen LogP contribution in [0.15, 0.2) is 0 Å². The zero-order valence-electron chi connectivity index (χ0n) is 9.70. The number of nitrogens with one attached hydrogen (secondary N) is 1. The minimum atomic E-state index is -0.850. The van der Waals surface area contributed by atoms with Gasteiger partial charge in [0.05, 0.1) is 5.92 Å². The summed E-state index contributed by atoms with van der Waals surface area (Å²) in [4.78, 5) is 22.2. The number of amides is 1. The number of alkyl carbamates (subject to hydrolysis) is 1. The molecular formula is C10H19NO4. The minimum Gasteiger partial charge on any atom is -0.425 e. The number of ether oxygens (including phenoxy) is 2. The van der Waals surface area contributed by atoms with Gasteiger partial charge in [0.15, 0.2) is 0 Å². The van der Waals surface area contributed by atoms with E-state index in [9.17, 15) is 9.59 Å². The molecule has 0 aromatic carbocycles. The van der Waals surface area contributed by atoms with Crippen molar-refractivity contribution in [2.24, 2.45) is 5.92 Å². The van der Waals surface area contributed by atoms with Crippen LogP contribution < -0.4 is 5.32 Å². The molecule has 1 N–H and O–H groups in total. The SMILES string of the molecule is CCCNC(=O)OC(C)OC(=O)C(C)C. The van der Waals surface area contributed by atoms with Crippen LogP contribution in [0.3, 0.4) is 0 Å². The first-order chi connectivity index (χ1) is 6.97. The standard InChI is InChI=1S/C10H19NO4/c1-5-6-11-10(13)15-8(4)14-9(12)7(2)3/h7-8H,5-6H2,1-4H3,(H,11,13).